The number of amides is 1. The molecule has 0 aliphatic carbocycles. The van der Waals surface area contributed by atoms with Crippen LogP contribution in [0.25, 0.3) is 11.3 Å². The smallest absolute Gasteiger partial charge is 0.265 e. The maximum absolute atomic E-state index is 12.3. The first-order valence-corrected chi connectivity index (χ1v) is 8.54. The van der Waals surface area contributed by atoms with Gasteiger partial charge in [-0.1, -0.05) is 6.07 Å². The van der Waals surface area contributed by atoms with E-state index < -0.39 is 0 Å². The number of benzene rings is 1. The van der Waals surface area contributed by atoms with E-state index in [0.29, 0.717) is 22.8 Å². The third-order valence-electron chi connectivity index (χ3n) is 3.30. The van der Waals surface area contributed by atoms with E-state index in [2.05, 4.69) is 9.69 Å². The van der Waals surface area contributed by atoms with Crippen molar-refractivity contribution in [2.24, 2.45) is 0 Å². The van der Waals surface area contributed by atoms with Crippen LogP contribution in [0.1, 0.15) is 14.5 Å². The van der Waals surface area contributed by atoms with Gasteiger partial charge in [0.25, 0.3) is 5.91 Å². The third kappa shape index (κ3) is 3.35. The molecule has 1 aromatic carbocycles. The van der Waals surface area contributed by atoms with Crippen molar-refractivity contribution >= 4 is 34.5 Å². The first kappa shape index (κ1) is 15.5. The van der Waals surface area contributed by atoms with Gasteiger partial charge in [0.15, 0.2) is 0 Å². The minimum absolute atomic E-state index is 0.201. The highest BCUT2D eigenvalue weighted by Gasteiger charge is 2.18. The van der Waals surface area contributed by atoms with Crippen molar-refractivity contribution in [3.63, 3.8) is 0 Å². The molecule has 0 saturated heterocycles. The van der Waals surface area contributed by atoms with Crippen LogP contribution in [0.15, 0.2) is 41.8 Å². The zero-order valence-corrected chi connectivity index (χ0v) is 14.0. The predicted octanol–water partition coefficient (Wildman–Crippen LogP) is 3.39. The second-order valence-corrected chi connectivity index (χ2v) is 6.57. The molecule has 0 bridgehead atoms. The molecular weight excluding hydrogens is 330 g/mol. The monoisotopic (exact) mass is 345 g/mol. The molecule has 0 unspecified atom stereocenters. The first-order valence-electron chi connectivity index (χ1n) is 6.89. The lowest BCUT2D eigenvalue weighted by Gasteiger charge is -2.04. The summed E-state index contributed by atoms with van der Waals surface area (Å²) in [7, 11) is 1.61. The number of hydrogen-bond donors (Lipinski definition) is 2. The molecular formula is C16H15N3O2S2. The van der Waals surface area contributed by atoms with Gasteiger partial charge in [0.05, 0.1) is 19.3 Å². The SMILES string of the molecule is COc1ccc(-c2nsc(C(=O)NCc3cccs3)c2N)cc1. The van der Waals surface area contributed by atoms with E-state index in [-0.39, 0.29) is 5.91 Å². The zero-order chi connectivity index (χ0) is 16.2. The lowest BCUT2D eigenvalue weighted by atomic mass is 10.1. The number of anilines is 1. The van der Waals surface area contributed by atoms with Crippen molar-refractivity contribution in [1.82, 2.24) is 9.69 Å². The van der Waals surface area contributed by atoms with E-state index in [1.165, 1.54) is 0 Å². The largest absolute Gasteiger partial charge is 0.497 e. The lowest BCUT2D eigenvalue weighted by molar-refractivity contribution is 0.0956. The van der Waals surface area contributed by atoms with Gasteiger partial charge in [-0.3, -0.25) is 4.79 Å². The number of hydrogen-bond acceptors (Lipinski definition) is 6. The van der Waals surface area contributed by atoms with Crippen LogP contribution in [0, 0.1) is 0 Å². The number of methoxy groups -OCH3 is 1. The molecule has 0 saturated carbocycles. The number of rotatable bonds is 5. The summed E-state index contributed by atoms with van der Waals surface area (Å²) in [5, 5.41) is 4.84. The molecule has 2 heterocycles. The summed E-state index contributed by atoms with van der Waals surface area (Å²) in [6.45, 7) is 0.492. The van der Waals surface area contributed by atoms with Crippen molar-refractivity contribution in [2.45, 2.75) is 6.54 Å². The predicted molar refractivity (Wildman–Crippen MR) is 94.0 cm³/mol. The fourth-order valence-corrected chi connectivity index (χ4v) is 3.46. The average molecular weight is 345 g/mol. The number of nitrogens with one attached hydrogen (secondary N) is 1. The number of aromatic nitrogens is 1. The molecule has 7 heteroatoms. The van der Waals surface area contributed by atoms with E-state index in [0.717, 1.165) is 27.7 Å². The molecule has 2 aromatic heterocycles. The Morgan fingerprint density at radius 3 is 2.74 bits per heavy atom. The number of thiophene rings is 1. The van der Waals surface area contributed by atoms with Crippen LogP contribution in [0.5, 0.6) is 5.75 Å². The summed E-state index contributed by atoms with van der Waals surface area (Å²) in [5.41, 5.74) is 8.00. The minimum atomic E-state index is -0.201. The molecule has 0 atom stereocenters. The van der Waals surface area contributed by atoms with E-state index in [9.17, 15) is 4.79 Å². The molecule has 118 valence electrons. The van der Waals surface area contributed by atoms with Crippen molar-refractivity contribution in [2.75, 3.05) is 12.8 Å². The van der Waals surface area contributed by atoms with Gasteiger partial charge in [0.2, 0.25) is 0 Å². The Hall–Kier alpha value is -2.38. The number of nitrogens with zero attached hydrogens (tertiary/aromatic N) is 1. The van der Waals surface area contributed by atoms with Crippen LogP contribution in [0.3, 0.4) is 0 Å². The van der Waals surface area contributed by atoms with E-state index in [1.807, 2.05) is 41.8 Å². The normalized spacial score (nSPS) is 10.5. The number of ether oxygens (including phenoxy) is 1. The summed E-state index contributed by atoms with van der Waals surface area (Å²) in [5.74, 6) is 0.560. The van der Waals surface area contributed by atoms with Gasteiger partial charge in [-0.05, 0) is 47.2 Å². The van der Waals surface area contributed by atoms with Crippen molar-refractivity contribution in [3.8, 4) is 17.0 Å². The van der Waals surface area contributed by atoms with E-state index >= 15 is 0 Å². The van der Waals surface area contributed by atoms with Gasteiger partial charge in [-0.25, -0.2) is 0 Å². The maximum atomic E-state index is 12.3. The molecule has 23 heavy (non-hydrogen) atoms. The van der Waals surface area contributed by atoms with Gasteiger partial charge in [-0.15, -0.1) is 11.3 Å². The summed E-state index contributed by atoms with van der Waals surface area (Å²) in [6, 6.07) is 11.4. The number of carbonyl (C=O) groups excluding carboxylic acids is 1. The molecule has 0 fully saturated rings. The Morgan fingerprint density at radius 2 is 2.09 bits per heavy atom. The topological polar surface area (TPSA) is 77.2 Å². The van der Waals surface area contributed by atoms with Gasteiger partial charge in [0, 0.05) is 10.4 Å². The Labute approximate surface area is 141 Å². The van der Waals surface area contributed by atoms with Crippen LogP contribution in [-0.4, -0.2) is 17.4 Å². The van der Waals surface area contributed by atoms with Crippen LogP contribution in [0.4, 0.5) is 5.69 Å². The fourth-order valence-electron chi connectivity index (χ4n) is 2.08. The summed E-state index contributed by atoms with van der Waals surface area (Å²) >= 11 is 2.71. The van der Waals surface area contributed by atoms with E-state index in [4.69, 9.17) is 10.5 Å². The van der Waals surface area contributed by atoms with Gasteiger partial charge >= 0.3 is 0 Å². The molecule has 0 spiro atoms. The fraction of sp³-hybridized carbons (Fsp3) is 0.125. The highest BCUT2D eigenvalue weighted by atomic mass is 32.1. The standard InChI is InChI=1S/C16H15N3O2S2/c1-21-11-6-4-10(5-7-11)14-13(17)15(23-19-14)16(20)18-9-12-3-2-8-22-12/h2-8H,9,17H2,1H3,(H,18,20). The highest BCUT2D eigenvalue weighted by Crippen LogP contribution is 2.31. The molecule has 3 rings (SSSR count). The summed E-state index contributed by atoms with van der Waals surface area (Å²) < 4.78 is 9.46. The third-order valence-corrected chi connectivity index (χ3v) is 5.04. The van der Waals surface area contributed by atoms with Crippen molar-refractivity contribution in [3.05, 3.63) is 51.5 Å². The Bertz CT molecular complexity index is 795. The zero-order valence-electron chi connectivity index (χ0n) is 12.4. The minimum Gasteiger partial charge on any atom is -0.497 e. The summed E-state index contributed by atoms with van der Waals surface area (Å²) in [4.78, 5) is 13.8. The molecule has 0 aliphatic heterocycles. The van der Waals surface area contributed by atoms with Gasteiger partial charge in [-0.2, -0.15) is 4.37 Å². The molecule has 3 N–H and O–H groups in total. The lowest BCUT2D eigenvalue weighted by Crippen LogP contribution is -2.22. The maximum Gasteiger partial charge on any atom is 0.265 e. The molecule has 0 aliphatic rings. The second-order valence-electron chi connectivity index (χ2n) is 4.76. The second kappa shape index (κ2) is 6.80. The van der Waals surface area contributed by atoms with Crippen LogP contribution in [0.2, 0.25) is 0 Å². The Kier molecular flexibility index (Phi) is 4.59. The molecule has 5 nitrogen and oxygen atoms in total. The molecule has 0 radical (unpaired) electrons. The molecule has 1 amide bonds. The number of carbonyl (C=O) groups is 1. The summed E-state index contributed by atoms with van der Waals surface area (Å²) in [6.07, 6.45) is 0. The highest BCUT2D eigenvalue weighted by molar-refractivity contribution is 7.10. The quantitative estimate of drug-likeness (QED) is 0.743. The van der Waals surface area contributed by atoms with Crippen LogP contribution >= 0.6 is 22.9 Å². The first-order chi connectivity index (χ1) is 11.2. The van der Waals surface area contributed by atoms with Crippen molar-refractivity contribution in [1.29, 1.82) is 0 Å². The number of nitrogen functional groups attached to an aromatic ring is 1. The van der Waals surface area contributed by atoms with E-state index in [1.54, 1.807) is 18.4 Å². The average Bonchev–Trinajstić information content (AvgIpc) is 3.22. The number of nitrogens with two attached hydrogens (primary N) is 1. The van der Waals surface area contributed by atoms with Crippen LogP contribution in [-0.2, 0) is 6.54 Å². The molecule has 3 aromatic rings. The van der Waals surface area contributed by atoms with Gasteiger partial charge in [0.1, 0.15) is 16.3 Å². The van der Waals surface area contributed by atoms with Crippen molar-refractivity contribution < 1.29 is 9.53 Å². The Balaban J connectivity index is 1.76. The van der Waals surface area contributed by atoms with Crippen LogP contribution < -0.4 is 15.8 Å². The van der Waals surface area contributed by atoms with Gasteiger partial charge < -0.3 is 15.8 Å². The Morgan fingerprint density at radius 1 is 1.30 bits per heavy atom.